The van der Waals surface area contributed by atoms with E-state index < -0.39 is 5.41 Å². The maximum Gasteiger partial charge on any atom is 0.245 e. The third-order valence-electron chi connectivity index (χ3n) is 4.45. The molecule has 3 N–H and O–H groups in total. The van der Waals surface area contributed by atoms with Gasteiger partial charge in [0.15, 0.2) is 0 Å². The maximum atomic E-state index is 12.5. The Bertz CT molecular complexity index is 547. The highest BCUT2D eigenvalue weighted by atomic mass is 16.2. The average Bonchev–Trinajstić information content (AvgIpc) is 3.02. The predicted molar refractivity (Wildman–Crippen MR) is 76.1 cm³/mol. The fourth-order valence-corrected chi connectivity index (χ4v) is 3.02. The number of fused-ring (bicyclic) bond motifs is 1. The number of primary amides is 1. The fraction of sp³-hybridized carbons (Fsp3) is 0.467. The first kappa shape index (κ1) is 13.0. The molecule has 3 rings (SSSR count). The monoisotopic (exact) mass is 273 g/mol. The summed E-state index contributed by atoms with van der Waals surface area (Å²) in [6, 6.07) is 7.74. The second kappa shape index (κ2) is 4.51. The summed E-state index contributed by atoms with van der Waals surface area (Å²) < 4.78 is 0. The molecule has 0 radical (unpaired) electrons. The second-order valence-corrected chi connectivity index (χ2v) is 5.99. The van der Waals surface area contributed by atoms with Crippen molar-refractivity contribution in [2.24, 2.45) is 11.1 Å². The van der Waals surface area contributed by atoms with Crippen LogP contribution in [0.15, 0.2) is 24.3 Å². The molecule has 0 aliphatic carbocycles. The van der Waals surface area contributed by atoms with E-state index in [2.05, 4.69) is 5.32 Å². The molecular weight excluding hydrogens is 254 g/mol. The number of nitrogens with two attached hydrogens (primary N) is 1. The molecule has 2 unspecified atom stereocenters. The lowest BCUT2D eigenvalue weighted by atomic mass is 9.89. The first-order chi connectivity index (χ1) is 9.49. The van der Waals surface area contributed by atoms with E-state index in [0.717, 1.165) is 5.69 Å². The van der Waals surface area contributed by atoms with Gasteiger partial charge in [-0.05, 0) is 25.0 Å². The third-order valence-corrected chi connectivity index (χ3v) is 4.45. The number of nitrogens with one attached hydrogen (secondary N) is 1. The second-order valence-electron chi connectivity index (χ2n) is 5.99. The van der Waals surface area contributed by atoms with Gasteiger partial charge in [-0.25, -0.2) is 0 Å². The molecule has 2 heterocycles. The number of nitrogens with zero attached hydrogens (tertiary/aromatic N) is 1. The van der Waals surface area contributed by atoms with Gasteiger partial charge in [0, 0.05) is 25.2 Å². The molecule has 0 spiro atoms. The number of rotatable bonds is 2. The highest BCUT2D eigenvalue weighted by Crippen LogP contribution is 2.32. The van der Waals surface area contributed by atoms with Crippen LogP contribution >= 0.6 is 0 Å². The Kier molecular flexibility index (Phi) is 2.92. The smallest absolute Gasteiger partial charge is 0.245 e. The number of benzene rings is 1. The molecule has 1 fully saturated rings. The first-order valence-corrected chi connectivity index (χ1v) is 6.93. The normalized spacial score (nSPS) is 28.1. The van der Waals surface area contributed by atoms with Crippen LogP contribution in [0, 0.1) is 5.41 Å². The topological polar surface area (TPSA) is 75.4 Å². The van der Waals surface area contributed by atoms with E-state index in [1.807, 2.05) is 31.2 Å². The Morgan fingerprint density at radius 3 is 2.80 bits per heavy atom. The summed E-state index contributed by atoms with van der Waals surface area (Å²) in [6.45, 7) is 2.86. The Hall–Kier alpha value is -2.04. The Labute approximate surface area is 118 Å². The van der Waals surface area contributed by atoms with Crippen molar-refractivity contribution in [3.8, 4) is 0 Å². The van der Waals surface area contributed by atoms with E-state index in [9.17, 15) is 9.59 Å². The zero-order valence-electron chi connectivity index (χ0n) is 11.6. The Morgan fingerprint density at radius 1 is 1.40 bits per heavy atom. The number of hydrogen-bond donors (Lipinski definition) is 2. The van der Waals surface area contributed by atoms with Gasteiger partial charge in [-0.2, -0.15) is 0 Å². The van der Waals surface area contributed by atoms with Gasteiger partial charge in [0.2, 0.25) is 11.8 Å². The Morgan fingerprint density at radius 2 is 2.15 bits per heavy atom. The molecule has 2 aliphatic heterocycles. The Balaban J connectivity index is 1.69. The molecular formula is C15H19N3O2. The molecule has 0 saturated carbocycles. The highest BCUT2D eigenvalue weighted by molar-refractivity contribution is 5.89. The number of para-hydroxylation sites is 1. The van der Waals surface area contributed by atoms with Crippen molar-refractivity contribution in [2.75, 3.05) is 18.4 Å². The number of likely N-dealkylation sites (tertiary alicyclic amines) is 1. The molecule has 1 aromatic rings. The van der Waals surface area contributed by atoms with Crippen LogP contribution in [0.25, 0.3) is 0 Å². The van der Waals surface area contributed by atoms with Crippen LogP contribution in [0.4, 0.5) is 5.69 Å². The van der Waals surface area contributed by atoms with Crippen LogP contribution < -0.4 is 11.1 Å². The van der Waals surface area contributed by atoms with Crippen LogP contribution in [0.5, 0.6) is 0 Å². The van der Waals surface area contributed by atoms with Crippen molar-refractivity contribution in [3.05, 3.63) is 29.8 Å². The molecule has 0 aromatic heterocycles. The summed E-state index contributed by atoms with van der Waals surface area (Å²) in [7, 11) is 0. The molecule has 106 valence electrons. The largest absolute Gasteiger partial charge is 0.373 e. The molecule has 1 aromatic carbocycles. The maximum absolute atomic E-state index is 12.5. The lowest BCUT2D eigenvalue weighted by Crippen LogP contribution is -2.43. The molecule has 0 bridgehead atoms. The summed E-state index contributed by atoms with van der Waals surface area (Å²) >= 11 is 0. The summed E-state index contributed by atoms with van der Waals surface area (Å²) in [4.78, 5) is 25.8. The minimum Gasteiger partial charge on any atom is -0.373 e. The zero-order valence-corrected chi connectivity index (χ0v) is 11.6. The molecule has 2 atom stereocenters. The zero-order chi connectivity index (χ0) is 14.3. The van der Waals surface area contributed by atoms with Crippen molar-refractivity contribution in [1.82, 2.24) is 4.90 Å². The minimum absolute atomic E-state index is 0.0613. The molecule has 5 heteroatoms. The van der Waals surface area contributed by atoms with E-state index >= 15 is 0 Å². The van der Waals surface area contributed by atoms with Gasteiger partial charge < -0.3 is 16.0 Å². The van der Waals surface area contributed by atoms with Crippen molar-refractivity contribution < 1.29 is 9.59 Å². The SMILES string of the molecule is CC1(C(N)=O)CCN(C(=O)C2Cc3ccccc3N2)C1. The fourth-order valence-electron chi connectivity index (χ4n) is 3.02. The van der Waals surface area contributed by atoms with Gasteiger partial charge in [-0.3, -0.25) is 9.59 Å². The molecule has 1 saturated heterocycles. The van der Waals surface area contributed by atoms with Gasteiger partial charge >= 0.3 is 0 Å². The number of carbonyl (C=O) groups excluding carboxylic acids is 2. The van der Waals surface area contributed by atoms with Crippen LogP contribution in [-0.4, -0.2) is 35.8 Å². The van der Waals surface area contributed by atoms with Crippen LogP contribution in [-0.2, 0) is 16.0 Å². The van der Waals surface area contributed by atoms with E-state index in [1.54, 1.807) is 4.90 Å². The summed E-state index contributed by atoms with van der Waals surface area (Å²) in [5.74, 6) is -0.262. The van der Waals surface area contributed by atoms with E-state index in [4.69, 9.17) is 5.73 Å². The van der Waals surface area contributed by atoms with E-state index in [-0.39, 0.29) is 17.9 Å². The summed E-state index contributed by atoms with van der Waals surface area (Å²) in [5, 5.41) is 3.26. The first-order valence-electron chi connectivity index (χ1n) is 6.93. The van der Waals surface area contributed by atoms with Crippen LogP contribution in [0.1, 0.15) is 18.9 Å². The van der Waals surface area contributed by atoms with Gasteiger partial charge in [0.1, 0.15) is 6.04 Å². The lowest BCUT2D eigenvalue weighted by Gasteiger charge is -2.23. The van der Waals surface area contributed by atoms with Gasteiger partial charge in [-0.15, -0.1) is 0 Å². The number of anilines is 1. The van der Waals surface area contributed by atoms with Crippen molar-refractivity contribution in [3.63, 3.8) is 0 Å². The summed E-state index contributed by atoms with van der Waals surface area (Å²) in [6.07, 6.45) is 1.35. The van der Waals surface area contributed by atoms with Crippen molar-refractivity contribution in [2.45, 2.75) is 25.8 Å². The predicted octanol–water partition coefficient (Wildman–Crippen LogP) is 0.747. The van der Waals surface area contributed by atoms with E-state index in [0.29, 0.717) is 25.9 Å². The van der Waals surface area contributed by atoms with Gasteiger partial charge in [0.25, 0.3) is 0 Å². The number of amides is 2. The van der Waals surface area contributed by atoms with Crippen molar-refractivity contribution in [1.29, 1.82) is 0 Å². The standard InChI is InChI=1S/C15H19N3O2/c1-15(14(16)20)6-7-18(9-15)13(19)12-8-10-4-2-3-5-11(10)17-12/h2-5,12,17H,6-9H2,1H3,(H2,16,20). The van der Waals surface area contributed by atoms with Gasteiger partial charge in [-0.1, -0.05) is 18.2 Å². The minimum atomic E-state index is -0.582. The summed E-state index contributed by atoms with van der Waals surface area (Å²) in [5.41, 5.74) is 7.04. The molecule has 2 amide bonds. The molecule has 5 nitrogen and oxygen atoms in total. The molecule has 2 aliphatic rings. The van der Waals surface area contributed by atoms with E-state index in [1.165, 1.54) is 5.56 Å². The quantitative estimate of drug-likeness (QED) is 0.835. The molecule has 20 heavy (non-hydrogen) atoms. The van der Waals surface area contributed by atoms with Crippen LogP contribution in [0.2, 0.25) is 0 Å². The van der Waals surface area contributed by atoms with Crippen molar-refractivity contribution >= 4 is 17.5 Å². The highest BCUT2D eigenvalue weighted by Gasteiger charge is 2.42. The number of hydrogen-bond acceptors (Lipinski definition) is 3. The van der Waals surface area contributed by atoms with Gasteiger partial charge in [0.05, 0.1) is 5.41 Å². The number of carbonyl (C=O) groups is 2. The lowest BCUT2D eigenvalue weighted by molar-refractivity contribution is -0.132. The average molecular weight is 273 g/mol. The van der Waals surface area contributed by atoms with Crippen LogP contribution in [0.3, 0.4) is 0 Å². The third kappa shape index (κ3) is 2.03.